The number of allylic oxidation sites excluding steroid dienone is 2. The molecule has 2 atom stereocenters. The first-order valence-electron chi connectivity index (χ1n) is 9.31. The number of carboxylic acids is 1. The van der Waals surface area contributed by atoms with Crippen molar-refractivity contribution in [2.75, 3.05) is 0 Å². The average Bonchev–Trinajstić information content (AvgIpc) is 2.92. The number of carbonyl (C=O) groups is 2. The summed E-state index contributed by atoms with van der Waals surface area (Å²) in [6.07, 6.45) is 3.82. The number of rotatable bonds is 12. The van der Waals surface area contributed by atoms with Crippen LogP contribution < -0.4 is 0 Å². The Morgan fingerprint density at radius 3 is 2.59 bits per heavy atom. The first-order valence-corrected chi connectivity index (χ1v) is 9.31. The number of hydrogen-bond acceptors (Lipinski definition) is 3. The number of aliphatic hydroxyl groups excluding tert-OH is 1. The number of aliphatic carboxylic acids is 1. The quantitative estimate of drug-likeness (QED) is 0.288. The van der Waals surface area contributed by atoms with Crippen LogP contribution in [-0.2, 0) is 9.59 Å². The third-order valence-electron chi connectivity index (χ3n) is 4.55. The Morgan fingerprint density at radius 1 is 1.26 bits per heavy atom. The second-order valence-electron chi connectivity index (χ2n) is 6.78. The van der Waals surface area contributed by atoms with Crippen LogP contribution in [0.5, 0.6) is 0 Å². The molecule has 0 aromatic rings. The van der Waals surface area contributed by atoms with E-state index in [9.17, 15) is 22.8 Å². The zero-order valence-electron chi connectivity index (χ0n) is 15.3. The van der Waals surface area contributed by atoms with Crippen LogP contribution in [0, 0.1) is 5.92 Å². The average molecular weight is 388 g/mol. The lowest BCUT2D eigenvalue weighted by Crippen LogP contribution is -2.15. The highest BCUT2D eigenvalue weighted by Crippen LogP contribution is 2.31. The van der Waals surface area contributed by atoms with Gasteiger partial charge >= 0.3 is 12.1 Å². The summed E-state index contributed by atoms with van der Waals surface area (Å²) in [5, 5.41) is 17.6. The first kappa shape index (κ1) is 23.2. The Balaban J connectivity index is 2.26. The fraction of sp³-hybridized carbons (Fsp3) is 0.650. The summed E-state index contributed by atoms with van der Waals surface area (Å²) in [6.45, 7) is 0. The van der Waals surface area contributed by atoms with E-state index in [1.54, 1.807) is 6.08 Å². The SMILES string of the molecule is O=C(O)C(O)C=C=CCC[C@H]1C(=O)CC=C1CCCCCCCC(F)(F)F. The predicted octanol–water partition coefficient (Wildman–Crippen LogP) is 4.73. The highest BCUT2D eigenvalue weighted by atomic mass is 19.4. The summed E-state index contributed by atoms with van der Waals surface area (Å²) in [7, 11) is 0. The first-order chi connectivity index (χ1) is 12.7. The Morgan fingerprint density at radius 2 is 1.93 bits per heavy atom. The molecule has 27 heavy (non-hydrogen) atoms. The zero-order valence-corrected chi connectivity index (χ0v) is 15.3. The van der Waals surface area contributed by atoms with Gasteiger partial charge in [-0.3, -0.25) is 4.79 Å². The molecule has 152 valence electrons. The maximum atomic E-state index is 12.1. The highest BCUT2D eigenvalue weighted by Gasteiger charge is 2.26. The van der Waals surface area contributed by atoms with Crippen LogP contribution in [0.15, 0.2) is 29.5 Å². The van der Waals surface area contributed by atoms with E-state index in [1.807, 2.05) is 6.08 Å². The Labute approximate surface area is 157 Å². The Bertz CT molecular complexity index is 587. The van der Waals surface area contributed by atoms with E-state index < -0.39 is 24.7 Å². The fourth-order valence-electron chi connectivity index (χ4n) is 3.09. The van der Waals surface area contributed by atoms with E-state index >= 15 is 0 Å². The zero-order chi connectivity index (χ0) is 20.3. The van der Waals surface area contributed by atoms with Crippen molar-refractivity contribution in [2.45, 2.75) is 76.5 Å². The van der Waals surface area contributed by atoms with E-state index in [0.29, 0.717) is 25.7 Å². The molecule has 2 N–H and O–H groups in total. The van der Waals surface area contributed by atoms with Gasteiger partial charge in [0.05, 0.1) is 0 Å². The van der Waals surface area contributed by atoms with Gasteiger partial charge in [-0.2, -0.15) is 13.2 Å². The number of carbonyl (C=O) groups excluding carboxylic acids is 1. The molecule has 0 heterocycles. The monoisotopic (exact) mass is 388 g/mol. The molecule has 0 bridgehead atoms. The van der Waals surface area contributed by atoms with E-state index in [2.05, 4.69) is 5.73 Å². The smallest absolute Gasteiger partial charge is 0.389 e. The van der Waals surface area contributed by atoms with Crippen LogP contribution in [-0.4, -0.2) is 34.2 Å². The van der Waals surface area contributed by atoms with Crippen molar-refractivity contribution in [3.05, 3.63) is 29.5 Å². The van der Waals surface area contributed by atoms with E-state index in [4.69, 9.17) is 10.2 Å². The topological polar surface area (TPSA) is 74.6 Å². The van der Waals surface area contributed by atoms with Gasteiger partial charge in [0.15, 0.2) is 6.10 Å². The number of Topliss-reactive ketones (excluding diaryl/α,β-unsaturated/α-hetero) is 1. The molecule has 0 aliphatic heterocycles. The fourth-order valence-corrected chi connectivity index (χ4v) is 3.09. The summed E-state index contributed by atoms with van der Waals surface area (Å²) >= 11 is 0. The predicted molar refractivity (Wildman–Crippen MR) is 95.1 cm³/mol. The Kier molecular flexibility index (Phi) is 10.1. The normalized spacial score (nSPS) is 18.0. The van der Waals surface area contributed by atoms with Crippen LogP contribution in [0.4, 0.5) is 13.2 Å². The van der Waals surface area contributed by atoms with Gasteiger partial charge in [0.2, 0.25) is 0 Å². The molecular formula is C20H27F3O4. The molecule has 0 aromatic heterocycles. The highest BCUT2D eigenvalue weighted by molar-refractivity contribution is 5.88. The largest absolute Gasteiger partial charge is 0.479 e. The third-order valence-corrected chi connectivity index (χ3v) is 4.55. The van der Waals surface area contributed by atoms with Gasteiger partial charge in [0.1, 0.15) is 5.78 Å². The number of alkyl halides is 3. The molecule has 0 saturated heterocycles. The van der Waals surface area contributed by atoms with Crippen LogP contribution in [0.25, 0.3) is 0 Å². The van der Waals surface area contributed by atoms with E-state index in [0.717, 1.165) is 37.3 Å². The molecule has 0 spiro atoms. The molecule has 1 aliphatic carbocycles. The van der Waals surface area contributed by atoms with Crippen molar-refractivity contribution in [1.29, 1.82) is 0 Å². The summed E-state index contributed by atoms with van der Waals surface area (Å²) in [6, 6.07) is 0. The maximum absolute atomic E-state index is 12.1. The number of aliphatic hydroxyl groups is 1. The van der Waals surface area contributed by atoms with Crippen LogP contribution in [0.1, 0.15) is 64.2 Å². The lowest BCUT2D eigenvalue weighted by Gasteiger charge is -2.12. The van der Waals surface area contributed by atoms with Gasteiger partial charge in [-0.15, -0.1) is 5.73 Å². The van der Waals surface area contributed by atoms with Gasteiger partial charge < -0.3 is 10.2 Å². The molecule has 0 fully saturated rings. The Hall–Kier alpha value is -1.85. The number of ketones is 1. The molecule has 4 nitrogen and oxygen atoms in total. The van der Waals surface area contributed by atoms with Gasteiger partial charge in [-0.05, 0) is 44.3 Å². The molecule has 7 heteroatoms. The number of hydrogen-bond donors (Lipinski definition) is 2. The van der Waals surface area contributed by atoms with Crippen molar-refractivity contribution in [2.24, 2.45) is 5.92 Å². The second kappa shape index (κ2) is 11.8. The van der Waals surface area contributed by atoms with Crippen molar-refractivity contribution >= 4 is 11.8 Å². The second-order valence-corrected chi connectivity index (χ2v) is 6.78. The minimum absolute atomic E-state index is 0.141. The van der Waals surface area contributed by atoms with Crippen LogP contribution in [0.3, 0.4) is 0 Å². The van der Waals surface area contributed by atoms with E-state index in [-0.39, 0.29) is 18.1 Å². The lowest BCUT2D eigenvalue weighted by atomic mass is 9.91. The van der Waals surface area contributed by atoms with Gasteiger partial charge in [0.25, 0.3) is 0 Å². The minimum Gasteiger partial charge on any atom is -0.479 e. The van der Waals surface area contributed by atoms with Crippen molar-refractivity contribution in [1.82, 2.24) is 0 Å². The molecule has 0 amide bonds. The molecule has 1 aliphatic rings. The summed E-state index contributed by atoms with van der Waals surface area (Å²) < 4.78 is 36.2. The number of unbranched alkanes of at least 4 members (excludes halogenated alkanes) is 4. The standard InChI is InChI=1S/C20H27F3O4/c21-20(22,23)14-8-3-1-2-5-9-15-12-13-17(24)16(15)10-6-4-7-11-18(25)19(26)27/h4,11-12,16,18,25H,1-3,5-6,8-10,13-14H2,(H,26,27)/t7?,16-,18?/m1/s1. The van der Waals surface area contributed by atoms with Crippen molar-refractivity contribution in [3.63, 3.8) is 0 Å². The van der Waals surface area contributed by atoms with Gasteiger partial charge in [0, 0.05) is 18.8 Å². The maximum Gasteiger partial charge on any atom is 0.389 e. The van der Waals surface area contributed by atoms with Crippen molar-refractivity contribution in [3.8, 4) is 0 Å². The summed E-state index contributed by atoms with van der Waals surface area (Å²) in [5.41, 5.74) is 3.71. The third kappa shape index (κ3) is 10.2. The van der Waals surface area contributed by atoms with Crippen LogP contribution >= 0.6 is 0 Å². The molecule has 0 radical (unpaired) electrons. The molecule has 1 rings (SSSR count). The molecule has 0 aromatic carbocycles. The lowest BCUT2D eigenvalue weighted by molar-refractivity contribution is -0.144. The van der Waals surface area contributed by atoms with Gasteiger partial charge in [-0.25, -0.2) is 4.79 Å². The summed E-state index contributed by atoms with van der Waals surface area (Å²) in [4.78, 5) is 22.4. The number of halogens is 3. The number of carboxylic acid groups (broad SMARTS) is 1. The molecule has 1 unspecified atom stereocenters. The molecular weight excluding hydrogens is 361 g/mol. The van der Waals surface area contributed by atoms with E-state index in [1.165, 1.54) is 0 Å². The minimum atomic E-state index is -4.07. The van der Waals surface area contributed by atoms with Crippen molar-refractivity contribution < 1.29 is 33.0 Å². The molecule has 0 saturated carbocycles. The van der Waals surface area contributed by atoms with Crippen LogP contribution in [0.2, 0.25) is 0 Å². The van der Waals surface area contributed by atoms with Gasteiger partial charge in [-0.1, -0.05) is 30.9 Å². The summed E-state index contributed by atoms with van der Waals surface area (Å²) in [5.74, 6) is -1.32.